The second-order valence-electron chi connectivity index (χ2n) is 4.13. The van der Waals surface area contributed by atoms with Crippen LogP contribution < -0.4 is 11.1 Å². The number of anilines is 3. The van der Waals surface area contributed by atoms with Crippen LogP contribution in [0.2, 0.25) is 5.02 Å². The molecule has 2 aromatic carbocycles. The van der Waals surface area contributed by atoms with Crippen molar-refractivity contribution >= 4 is 44.6 Å². The van der Waals surface area contributed by atoms with Crippen LogP contribution in [0, 0.1) is 5.82 Å². The van der Waals surface area contributed by atoms with Crippen molar-refractivity contribution in [3.8, 4) is 0 Å². The maximum absolute atomic E-state index is 13.3. The van der Waals surface area contributed by atoms with Crippen LogP contribution in [-0.2, 0) is 6.42 Å². The van der Waals surface area contributed by atoms with Crippen LogP contribution in [0.15, 0.2) is 34.8 Å². The molecule has 2 rings (SSSR count). The lowest BCUT2D eigenvalue weighted by Gasteiger charge is -2.14. The first-order chi connectivity index (χ1) is 9.01. The van der Waals surface area contributed by atoms with Gasteiger partial charge in [-0.3, -0.25) is 0 Å². The zero-order chi connectivity index (χ0) is 14.0. The summed E-state index contributed by atoms with van der Waals surface area (Å²) >= 11 is 9.21. The van der Waals surface area contributed by atoms with E-state index < -0.39 is 5.82 Å². The van der Waals surface area contributed by atoms with Crippen LogP contribution in [-0.4, -0.2) is 0 Å². The van der Waals surface area contributed by atoms with E-state index in [0.717, 1.165) is 22.1 Å². The van der Waals surface area contributed by atoms with E-state index in [1.807, 2.05) is 18.2 Å². The van der Waals surface area contributed by atoms with E-state index in [4.69, 9.17) is 17.3 Å². The molecule has 2 nitrogen and oxygen atoms in total. The molecule has 3 N–H and O–H groups in total. The molecule has 2 aromatic rings. The molecule has 19 heavy (non-hydrogen) atoms. The first kappa shape index (κ1) is 14.2. The minimum absolute atomic E-state index is 0.0480. The van der Waals surface area contributed by atoms with Crippen molar-refractivity contribution in [3.05, 3.63) is 51.2 Å². The average molecular weight is 344 g/mol. The highest BCUT2D eigenvalue weighted by atomic mass is 79.9. The number of aryl methyl sites for hydroxylation is 1. The molecule has 0 unspecified atom stereocenters. The summed E-state index contributed by atoms with van der Waals surface area (Å²) in [6, 6.07) is 8.62. The average Bonchev–Trinajstić information content (AvgIpc) is 2.37. The molecular weight excluding hydrogens is 331 g/mol. The highest BCUT2D eigenvalue weighted by Crippen LogP contribution is 2.31. The Kier molecular flexibility index (Phi) is 4.32. The number of nitrogen functional groups attached to an aromatic ring is 1. The van der Waals surface area contributed by atoms with E-state index >= 15 is 0 Å². The summed E-state index contributed by atoms with van der Waals surface area (Å²) in [6.45, 7) is 2.06. The molecule has 0 spiro atoms. The van der Waals surface area contributed by atoms with E-state index in [1.54, 1.807) is 0 Å². The van der Waals surface area contributed by atoms with Crippen molar-refractivity contribution in [2.45, 2.75) is 13.3 Å². The topological polar surface area (TPSA) is 38.0 Å². The van der Waals surface area contributed by atoms with Gasteiger partial charge in [0.2, 0.25) is 0 Å². The molecule has 0 fully saturated rings. The third-order valence-electron chi connectivity index (χ3n) is 2.81. The Morgan fingerprint density at radius 2 is 2.00 bits per heavy atom. The number of nitrogens with two attached hydrogens (primary N) is 1. The monoisotopic (exact) mass is 342 g/mol. The third kappa shape index (κ3) is 3.19. The summed E-state index contributed by atoms with van der Waals surface area (Å²) in [5, 5.41) is 3.24. The number of halogens is 3. The Balaban J connectivity index is 2.39. The smallest absolute Gasteiger partial charge is 0.143 e. The molecule has 0 atom stereocenters. The standard InChI is InChI=1S/C14H13BrClFN2/c1-2-8-5-9(15)3-4-13(8)19-14-6-10(16)11(17)7-12(14)18/h3-7,19H,2,18H2,1H3. The maximum atomic E-state index is 13.3. The van der Waals surface area contributed by atoms with Gasteiger partial charge in [-0.2, -0.15) is 0 Å². The van der Waals surface area contributed by atoms with Gasteiger partial charge in [-0.15, -0.1) is 0 Å². The molecule has 5 heteroatoms. The third-order valence-corrected chi connectivity index (χ3v) is 3.59. The van der Waals surface area contributed by atoms with Crippen molar-refractivity contribution in [1.82, 2.24) is 0 Å². The van der Waals surface area contributed by atoms with Crippen LogP contribution in [0.5, 0.6) is 0 Å². The van der Waals surface area contributed by atoms with E-state index in [-0.39, 0.29) is 5.02 Å². The molecule has 0 heterocycles. The fourth-order valence-corrected chi connectivity index (χ4v) is 2.36. The predicted molar refractivity (Wildman–Crippen MR) is 82.6 cm³/mol. The van der Waals surface area contributed by atoms with Crippen molar-refractivity contribution in [2.24, 2.45) is 0 Å². The number of hydrogen-bond donors (Lipinski definition) is 2. The normalized spacial score (nSPS) is 10.5. The lowest BCUT2D eigenvalue weighted by atomic mass is 10.1. The van der Waals surface area contributed by atoms with Gasteiger partial charge in [-0.1, -0.05) is 34.5 Å². The molecule has 0 bridgehead atoms. The van der Waals surface area contributed by atoms with Crippen LogP contribution >= 0.6 is 27.5 Å². The predicted octanol–water partition coefficient (Wildman–Crippen LogP) is 5.13. The molecule has 0 saturated carbocycles. The van der Waals surface area contributed by atoms with E-state index in [0.29, 0.717) is 11.4 Å². The van der Waals surface area contributed by atoms with Gasteiger partial charge < -0.3 is 11.1 Å². The SMILES string of the molecule is CCc1cc(Br)ccc1Nc1cc(Cl)c(F)cc1N. The summed E-state index contributed by atoms with van der Waals surface area (Å²) < 4.78 is 14.3. The quantitative estimate of drug-likeness (QED) is 0.758. The van der Waals surface area contributed by atoms with Crippen molar-refractivity contribution in [3.63, 3.8) is 0 Å². The van der Waals surface area contributed by atoms with Gasteiger partial charge in [0.15, 0.2) is 0 Å². The number of hydrogen-bond acceptors (Lipinski definition) is 2. The van der Waals surface area contributed by atoms with Crippen LogP contribution in [0.3, 0.4) is 0 Å². The van der Waals surface area contributed by atoms with Crippen molar-refractivity contribution in [2.75, 3.05) is 11.1 Å². The van der Waals surface area contributed by atoms with E-state index in [9.17, 15) is 4.39 Å². The minimum Gasteiger partial charge on any atom is -0.397 e. The fraction of sp³-hybridized carbons (Fsp3) is 0.143. The Morgan fingerprint density at radius 1 is 1.26 bits per heavy atom. The maximum Gasteiger partial charge on any atom is 0.143 e. The van der Waals surface area contributed by atoms with E-state index in [2.05, 4.69) is 28.2 Å². The van der Waals surface area contributed by atoms with Gasteiger partial charge in [0.1, 0.15) is 5.82 Å². The molecular formula is C14H13BrClFN2. The Hall–Kier alpha value is -1.26. The summed E-state index contributed by atoms with van der Waals surface area (Å²) in [7, 11) is 0. The zero-order valence-corrected chi connectivity index (χ0v) is 12.6. The fourth-order valence-electron chi connectivity index (χ4n) is 1.79. The van der Waals surface area contributed by atoms with E-state index in [1.165, 1.54) is 12.1 Å². The molecule has 0 aliphatic rings. The highest BCUT2D eigenvalue weighted by molar-refractivity contribution is 9.10. The molecule has 0 aliphatic carbocycles. The Morgan fingerprint density at radius 3 is 2.68 bits per heavy atom. The largest absolute Gasteiger partial charge is 0.397 e. The Labute approximate surface area is 124 Å². The molecule has 0 aliphatic heterocycles. The molecule has 0 radical (unpaired) electrons. The van der Waals surface area contributed by atoms with Gasteiger partial charge in [0, 0.05) is 16.2 Å². The second kappa shape index (κ2) is 5.80. The Bertz CT molecular complexity index is 617. The van der Waals surface area contributed by atoms with Gasteiger partial charge in [-0.05, 0) is 36.2 Å². The summed E-state index contributed by atoms with van der Waals surface area (Å²) in [5.41, 5.74) is 8.78. The second-order valence-corrected chi connectivity index (χ2v) is 5.46. The molecule has 0 aromatic heterocycles. The summed E-state index contributed by atoms with van der Waals surface area (Å²) in [4.78, 5) is 0. The van der Waals surface area contributed by atoms with Crippen molar-refractivity contribution in [1.29, 1.82) is 0 Å². The zero-order valence-electron chi connectivity index (χ0n) is 10.3. The molecule has 100 valence electrons. The lowest BCUT2D eigenvalue weighted by molar-refractivity contribution is 0.629. The summed E-state index contributed by atoms with van der Waals surface area (Å²) in [5.74, 6) is -0.517. The number of rotatable bonds is 3. The highest BCUT2D eigenvalue weighted by Gasteiger charge is 2.08. The minimum atomic E-state index is -0.517. The first-order valence-corrected chi connectivity index (χ1v) is 6.98. The van der Waals surface area contributed by atoms with Gasteiger partial charge in [0.25, 0.3) is 0 Å². The van der Waals surface area contributed by atoms with Crippen LogP contribution in [0.1, 0.15) is 12.5 Å². The molecule has 0 amide bonds. The summed E-state index contributed by atoms with van der Waals surface area (Å²) in [6.07, 6.45) is 0.872. The van der Waals surface area contributed by atoms with Gasteiger partial charge in [0.05, 0.1) is 16.4 Å². The number of benzene rings is 2. The number of nitrogens with one attached hydrogen (secondary N) is 1. The molecule has 0 saturated heterocycles. The van der Waals surface area contributed by atoms with Gasteiger partial charge in [-0.25, -0.2) is 4.39 Å². The van der Waals surface area contributed by atoms with Crippen LogP contribution in [0.25, 0.3) is 0 Å². The van der Waals surface area contributed by atoms with Gasteiger partial charge >= 0.3 is 0 Å². The van der Waals surface area contributed by atoms with Crippen molar-refractivity contribution < 1.29 is 4.39 Å². The van der Waals surface area contributed by atoms with Crippen LogP contribution in [0.4, 0.5) is 21.5 Å². The lowest BCUT2D eigenvalue weighted by Crippen LogP contribution is -2.00. The first-order valence-electron chi connectivity index (χ1n) is 5.81.